The van der Waals surface area contributed by atoms with E-state index in [-0.39, 0.29) is 6.10 Å². The van der Waals surface area contributed by atoms with Crippen LogP contribution in [0.3, 0.4) is 0 Å². The molecule has 0 aliphatic carbocycles. The van der Waals surface area contributed by atoms with Crippen LogP contribution in [0, 0.1) is 0 Å². The summed E-state index contributed by atoms with van der Waals surface area (Å²) in [6, 6.07) is 4.08. The van der Waals surface area contributed by atoms with Crippen molar-refractivity contribution in [2.75, 3.05) is 27.2 Å². The van der Waals surface area contributed by atoms with E-state index < -0.39 is 0 Å². The summed E-state index contributed by atoms with van der Waals surface area (Å²) < 4.78 is 5.46. The highest BCUT2D eigenvalue weighted by molar-refractivity contribution is 5.91. The molecule has 3 heterocycles. The van der Waals surface area contributed by atoms with Crippen LogP contribution in [0.15, 0.2) is 30.6 Å². The van der Waals surface area contributed by atoms with Crippen LogP contribution in [-0.4, -0.2) is 48.2 Å². The highest BCUT2D eigenvalue weighted by Crippen LogP contribution is 2.27. The Bertz CT molecular complexity index is 587. The standard InChI is InChI=1S/C14H17N3O/c1-17-8-10(6-11(9-17)18-2)13-7-16-14-12(13)4-3-5-15-14/h3-7,11H,8-9H2,1-2H3,(H,15,16). The van der Waals surface area contributed by atoms with E-state index in [0.29, 0.717) is 0 Å². The van der Waals surface area contributed by atoms with Gasteiger partial charge in [-0.2, -0.15) is 0 Å². The molecule has 0 spiro atoms. The molecule has 0 fully saturated rings. The second-order valence-corrected chi connectivity index (χ2v) is 4.76. The number of aromatic amines is 1. The Labute approximate surface area is 106 Å². The summed E-state index contributed by atoms with van der Waals surface area (Å²) in [6.07, 6.45) is 6.23. The molecule has 18 heavy (non-hydrogen) atoms. The van der Waals surface area contributed by atoms with Crippen molar-refractivity contribution in [1.82, 2.24) is 14.9 Å². The van der Waals surface area contributed by atoms with Crippen LogP contribution < -0.4 is 0 Å². The van der Waals surface area contributed by atoms with E-state index in [4.69, 9.17) is 4.74 Å². The van der Waals surface area contributed by atoms with Gasteiger partial charge in [-0.25, -0.2) is 4.98 Å². The van der Waals surface area contributed by atoms with Crippen molar-refractivity contribution in [3.8, 4) is 0 Å². The molecule has 4 nitrogen and oxygen atoms in total. The highest BCUT2D eigenvalue weighted by atomic mass is 16.5. The second-order valence-electron chi connectivity index (χ2n) is 4.76. The summed E-state index contributed by atoms with van der Waals surface area (Å²) in [7, 11) is 3.88. The third-order valence-electron chi connectivity index (χ3n) is 3.42. The lowest BCUT2D eigenvalue weighted by molar-refractivity contribution is 0.105. The van der Waals surface area contributed by atoms with Crippen molar-refractivity contribution in [2.45, 2.75) is 6.10 Å². The molecular formula is C14H17N3O. The van der Waals surface area contributed by atoms with Crippen LogP contribution in [0.2, 0.25) is 0 Å². The maximum absolute atomic E-state index is 5.46. The molecule has 1 unspecified atom stereocenters. The Morgan fingerprint density at radius 1 is 1.50 bits per heavy atom. The fraction of sp³-hybridized carbons (Fsp3) is 0.357. The topological polar surface area (TPSA) is 41.1 Å². The number of nitrogens with zero attached hydrogens (tertiary/aromatic N) is 2. The number of fused-ring (bicyclic) bond motifs is 1. The number of hydrogen-bond acceptors (Lipinski definition) is 3. The SMILES string of the molecule is COC1C=C(c2c[nH]c3ncccc23)CN(C)C1. The smallest absolute Gasteiger partial charge is 0.137 e. The van der Waals surface area contributed by atoms with Gasteiger partial charge in [0.1, 0.15) is 5.65 Å². The Hall–Kier alpha value is -1.65. The van der Waals surface area contributed by atoms with Gasteiger partial charge in [0, 0.05) is 43.5 Å². The highest BCUT2D eigenvalue weighted by Gasteiger charge is 2.19. The van der Waals surface area contributed by atoms with Gasteiger partial charge in [-0.05, 0) is 30.8 Å². The van der Waals surface area contributed by atoms with Crippen LogP contribution in [0.25, 0.3) is 16.6 Å². The minimum atomic E-state index is 0.167. The van der Waals surface area contributed by atoms with E-state index in [1.165, 1.54) is 16.5 Å². The van der Waals surface area contributed by atoms with E-state index in [2.05, 4.69) is 34.1 Å². The minimum Gasteiger partial charge on any atom is -0.376 e. The number of H-pyrrole nitrogens is 1. The van der Waals surface area contributed by atoms with Crippen LogP contribution in [0.4, 0.5) is 0 Å². The van der Waals surface area contributed by atoms with Gasteiger partial charge in [-0.1, -0.05) is 0 Å². The fourth-order valence-electron chi connectivity index (χ4n) is 2.53. The lowest BCUT2D eigenvalue weighted by Crippen LogP contribution is -2.34. The van der Waals surface area contributed by atoms with E-state index in [0.717, 1.165) is 18.7 Å². The second kappa shape index (κ2) is 4.55. The summed E-state index contributed by atoms with van der Waals surface area (Å²) in [5.74, 6) is 0. The zero-order valence-electron chi connectivity index (χ0n) is 10.7. The molecule has 0 radical (unpaired) electrons. The minimum absolute atomic E-state index is 0.167. The van der Waals surface area contributed by atoms with Crippen molar-refractivity contribution in [3.05, 3.63) is 36.2 Å². The molecule has 0 saturated heterocycles. The number of methoxy groups -OCH3 is 1. The molecule has 1 aliphatic heterocycles. The number of ether oxygens (including phenoxy) is 1. The summed E-state index contributed by atoms with van der Waals surface area (Å²) in [5, 5.41) is 1.17. The molecule has 1 aliphatic rings. The monoisotopic (exact) mass is 243 g/mol. The third kappa shape index (κ3) is 1.94. The summed E-state index contributed by atoms with van der Waals surface area (Å²) in [5.41, 5.74) is 3.47. The Morgan fingerprint density at radius 2 is 2.39 bits per heavy atom. The molecule has 4 heteroatoms. The largest absolute Gasteiger partial charge is 0.376 e. The summed E-state index contributed by atoms with van der Waals surface area (Å²) in [6.45, 7) is 1.89. The van der Waals surface area contributed by atoms with Crippen molar-refractivity contribution < 1.29 is 4.74 Å². The van der Waals surface area contributed by atoms with E-state index in [1.807, 2.05) is 18.5 Å². The van der Waals surface area contributed by atoms with Gasteiger partial charge < -0.3 is 9.72 Å². The average Bonchev–Trinajstić information content (AvgIpc) is 2.81. The van der Waals surface area contributed by atoms with Gasteiger partial charge >= 0.3 is 0 Å². The normalized spacial score (nSPS) is 21.2. The van der Waals surface area contributed by atoms with Crippen molar-refractivity contribution in [3.63, 3.8) is 0 Å². The number of rotatable bonds is 2. The van der Waals surface area contributed by atoms with E-state index in [1.54, 1.807) is 7.11 Å². The van der Waals surface area contributed by atoms with Gasteiger partial charge in [0.2, 0.25) is 0 Å². The number of hydrogen-bond donors (Lipinski definition) is 1. The molecule has 94 valence electrons. The zero-order valence-corrected chi connectivity index (χ0v) is 10.7. The Morgan fingerprint density at radius 3 is 3.22 bits per heavy atom. The first-order chi connectivity index (χ1) is 8.78. The Kier molecular flexibility index (Phi) is 2.89. The first-order valence-electron chi connectivity index (χ1n) is 6.12. The molecule has 0 aromatic carbocycles. The van der Waals surface area contributed by atoms with Gasteiger partial charge in [0.05, 0.1) is 6.10 Å². The lowest BCUT2D eigenvalue weighted by atomic mass is 10.0. The molecule has 0 bridgehead atoms. The van der Waals surface area contributed by atoms with E-state index in [9.17, 15) is 0 Å². The van der Waals surface area contributed by atoms with Gasteiger partial charge in [0.15, 0.2) is 0 Å². The quantitative estimate of drug-likeness (QED) is 0.876. The van der Waals surface area contributed by atoms with Crippen molar-refractivity contribution >= 4 is 16.6 Å². The number of nitrogens with one attached hydrogen (secondary N) is 1. The van der Waals surface area contributed by atoms with Gasteiger partial charge in [-0.3, -0.25) is 4.90 Å². The first kappa shape index (κ1) is 11.4. The van der Waals surface area contributed by atoms with Crippen molar-refractivity contribution in [2.24, 2.45) is 0 Å². The fourth-order valence-corrected chi connectivity index (χ4v) is 2.53. The molecule has 1 atom stereocenters. The van der Waals surface area contributed by atoms with Gasteiger partial charge in [0.25, 0.3) is 0 Å². The molecule has 0 amide bonds. The van der Waals surface area contributed by atoms with Crippen molar-refractivity contribution in [1.29, 1.82) is 0 Å². The number of pyridine rings is 1. The predicted octanol–water partition coefficient (Wildman–Crippen LogP) is 1.91. The van der Waals surface area contributed by atoms with Crippen LogP contribution in [0.5, 0.6) is 0 Å². The molecular weight excluding hydrogens is 226 g/mol. The summed E-state index contributed by atoms with van der Waals surface area (Å²) >= 11 is 0. The average molecular weight is 243 g/mol. The van der Waals surface area contributed by atoms with Crippen LogP contribution in [-0.2, 0) is 4.74 Å². The van der Waals surface area contributed by atoms with Gasteiger partial charge in [-0.15, -0.1) is 0 Å². The molecule has 2 aromatic rings. The predicted molar refractivity (Wildman–Crippen MR) is 72.4 cm³/mol. The maximum Gasteiger partial charge on any atom is 0.137 e. The molecule has 2 aromatic heterocycles. The first-order valence-corrected chi connectivity index (χ1v) is 6.12. The van der Waals surface area contributed by atoms with Crippen LogP contribution >= 0.6 is 0 Å². The molecule has 1 N–H and O–H groups in total. The third-order valence-corrected chi connectivity index (χ3v) is 3.42. The molecule has 0 saturated carbocycles. The molecule has 3 rings (SSSR count). The zero-order chi connectivity index (χ0) is 12.5. The lowest BCUT2D eigenvalue weighted by Gasteiger charge is -2.28. The Balaban J connectivity index is 2.06. The maximum atomic E-state index is 5.46. The van der Waals surface area contributed by atoms with E-state index >= 15 is 0 Å². The van der Waals surface area contributed by atoms with Crippen LogP contribution in [0.1, 0.15) is 5.56 Å². The number of likely N-dealkylation sites (N-methyl/N-ethyl adjacent to an activating group) is 1. The number of aromatic nitrogens is 2. The summed E-state index contributed by atoms with van der Waals surface area (Å²) in [4.78, 5) is 9.83.